The van der Waals surface area contributed by atoms with Crippen LogP contribution in [-0.2, 0) is 10.0 Å². The van der Waals surface area contributed by atoms with Crippen LogP contribution < -0.4 is 10.6 Å². The Kier molecular flexibility index (Phi) is 3.70. The van der Waals surface area contributed by atoms with E-state index in [1.165, 1.54) is 42.6 Å². The topological polar surface area (TPSA) is 105 Å². The predicted molar refractivity (Wildman–Crippen MR) is 81.2 cm³/mol. The molecule has 9 heteroatoms. The summed E-state index contributed by atoms with van der Waals surface area (Å²) >= 11 is 0. The Balaban J connectivity index is 1.83. The second-order valence-corrected chi connectivity index (χ2v) is 6.24. The van der Waals surface area contributed by atoms with Gasteiger partial charge in [-0.15, -0.1) is 0 Å². The van der Waals surface area contributed by atoms with Crippen molar-refractivity contribution in [3.05, 3.63) is 64.4 Å². The molecule has 2 aromatic carbocycles. The largest absolute Gasteiger partial charge is 0.417 e. The summed E-state index contributed by atoms with van der Waals surface area (Å²) in [5.41, 5.74) is 0.906. The quantitative estimate of drug-likeness (QED) is 0.558. The predicted octanol–water partition coefficient (Wildman–Crippen LogP) is 1.57. The smallest absolute Gasteiger partial charge is 0.408 e. The highest BCUT2D eigenvalue weighted by Crippen LogP contribution is 2.16. The molecule has 3 aromatic rings. The van der Waals surface area contributed by atoms with Gasteiger partial charge in [-0.2, -0.15) is 13.5 Å². The van der Waals surface area contributed by atoms with Crippen LogP contribution in [0.15, 0.2) is 61.7 Å². The van der Waals surface area contributed by atoms with E-state index in [4.69, 9.17) is 4.42 Å². The molecule has 1 heterocycles. The van der Waals surface area contributed by atoms with Gasteiger partial charge in [-0.05, 0) is 29.8 Å². The number of fused-ring (bicyclic) bond motifs is 1. The Morgan fingerprint density at radius 2 is 2.04 bits per heavy atom. The van der Waals surface area contributed by atoms with Crippen LogP contribution in [0.5, 0.6) is 0 Å². The monoisotopic (exact) mass is 335 g/mol. The van der Waals surface area contributed by atoms with Crippen molar-refractivity contribution in [2.24, 2.45) is 5.10 Å². The summed E-state index contributed by atoms with van der Waals surface area (Å²) in [5.74, 6) is -1.13. The third-order valence-electron chi connectivity index (χ3n) is 2.94. The zero-order valence-electron chi connectivity index (χ0n) is 11.5. The van der Waals surface area contributed by atoms with Crippen molar-refractivity contribution in [1.29, 1.82) is 0 Å². The molecule has 23 heavy (non-hydrogen) atoms. The molecule has 0 fully saturated rings. The number of halogens is 1. The van der Waals surface area contributed by atoms with Crippen LogP contribution in [0.3, 0.4) is 0 Å². The fourth-order valence-electron chi connectivity index (χ4n) is 1.90. The molecule has 2 N–H and O–H groups in total. The molecule has 0 atom stereocenters. The summed E-state index contributed by atoms with van der Waals surface area (Å²) in [5, 5.41) is 3.59. The first-order chi connectivity index (χ1) is 10.9. The van der Waals surface area contributed by atoms with Crippen LogP contribution in [0, 0.1) is 5.82 Å². The van der Waals surface area contributed by atoms with Crippen molar-refractivity contribution in [3.8, 4) is 0 Å². The molecular formula is C14H10FN3O4S. The standard InChI is InChI=1S/C14H10FN3O4S/c15-10-3-1-2-9(6-10)8-16-18-23(20,21)11-4-5-12-13(7-11)22-14(19)17-12/h1-8,18H,(H,17,19)/b16-8+. The van der Waals surface area contributed by atoms with Gasteiger partial charge in [0.1, 0.15) is 5.82 Å². The molecule has 118 valence electrons. The first-order valence-electron chi connectivity index (χ1n) is 6.37. The van der Waals surface area contributed by atoms with Gasteiger partial charge in [-0.1, -0.05) is 12.1 Å². The number of nitrogens with zero attached hydrogens (tertiary/aromatic N) is 1. The summed E-state index contributed by atoms with van der Waals surface area (Å²) < 4.78 is 42.0. The van der Waals surface area contributed by atoms with E-state index in [9.17, 15) is 17.6 Å². The Hall–Kier alpha value is -2.94. The molecule has 1 aromatic heterocycles. The minimum absolute atomic E-state index is 0.118. The van der Waals surface area contributed by atoms with Gasteiger partial charge in [0.15, 0.2) is 5.58 Å². The van der Waals surface area contributed by atoms with Gasteiger partial charge in [-0.25, -0.2) is 14.0 Å². The highest BCUT2D eigenvalue weighted by molar-refractivity contribution is 7.89. The zero-order chi connectivity index (χ0) is 16.4. The number of aromatic amines is 1. The molecule has 0 saturated heterocycles. The summed E-state index contributed by atoms with van der Waals surface area (Å²) in [4.78, 5) is 15.4. The second kappa shape index (κ2) is 5.69. The van der Waals surface area contributed by atoms with Crippen molar-refractivity contribution in [2.75, 3.05) is 0 Å². The molecule has 7 nitrogen and oxygen atoms in total. The molecule has 0 saturated carbocycles. The van der Waals surface area contributed by atoms with E-state index >= 15 is 0 Å². The van der Waals surface area contributed by atoms with Crippen molar-refractivity contribution in [3.63, 3.8) is 0 Å². The SMILES string of the molecule is O=c1[nH]c2ccc(S(=O)(=O)N/N=C/c3cccc(F)c3)cc2o1. The van der Waals surface area contributed by atoms with Crippen LogP contribution in [0.4, 0.5) is 4.39 Å². The maximum atomic E-state index is 13.0. The van der Waals surface area contributed by atoms with Crippen LogP contribution >= 0.6 is 0 Å². The van der Waals surface area contributed by atoms with E-state index in [1.54, 1.807) is 6.07 Å². The molecule has 0 aliphatic heterocycles. The van der Waals surface area contributed by atoms with Crippen molar-refractivity contribution in [2.45, 2.75) is 4.90 Å². The Bertz CT molecular complexity index is 1050. The van der Waals surface area contributed by atoms with Crippen molar-refractivity contribution >= 4 is 27.3 Å². The highest BCUT2D eigenvalue weighted by Gasteiger charge is 2.14. The minimum Gasteiger partial charge on any atom is -0.408 e. The van der Waals surface area contributed by atoms with Crippen LogP contribution in [0.2, 0.25) is 0 Å². The second-order valence-electron chi connectivity index (χ2n) is 4.58. The lowest BCUT2D eigenvalue weighted by Gasteiger charge is -2.02. The number of hydrazone groups is 1. The lowest BCUT2D eigenvalue weighted by atomic mass is 10.2. The summed E-state index contributed by atoms with van der Waals surface area (Å²) in [6.07, 6.45) is 1.18. The van der Waals surface area contributed by atoms with Gasteiger partial charge in [0, 0.05) is 6.07 Å². The summed E-state index contributed by atoms with van der Waals surface area (Å²) in [7, 11) is -3.94. The van der Waals surface area contributed by atoms with Crippen LogP contribution in [0.25, 0.3) is 11.1 Å². The van der Waals surface area contributed by atoms with E-state index in [1.807, 2.05) is 4.83 Å². The van der Waals surface area contributed by atoms with Gasteiger partial charge in [-0.3, -0.25) is 4.98 Å². The maximum absolute atomic E-state index is 13.0. The molecule has 0 amide bonds. The van der Waals surface area contributed by atoms with E-state index in [-0.39, 0.29) is 10.5 Å². The third-order valence-corrected chi connectivity index (χ3v) is 4.16. The van der Waals surface area contributed by atoms with E-state index in [0.29, 0.717) is 11.1 Å². The van der Waals surface area contributed by atoms with Crippen molar-refractivity contribution < 1.29 is 17.2 Å². The zero-order valence-corrected chi connectivity index (χ0v) is 12.3. The van der Waals surface area contributed by atoms with E-state index < -0.39 is 21.6 Å². The lowest BCUT2D eigenvalue weighted by molar-refractivity contribution is 0.553. The number of sulfonamides is 1. The van der Waals surface area contributed by atoms with Gasteiger partial charge >= 0.3 is 5.76 Å². The molecule has 0 aliphatic carbocycles. The number of rotatable bonds is 4. The fourth-order valence-corrected chi connectivity index (χ4v) is 2.71. The number of hydrogen-bond acceptors (Lipinski definition) is 5. The Labute approximate surface area is 129 Å². The maximum Gasteiger partial charge on any atom is 0.417 e. The van der Waals surface area contributed by atoms with Gasteiger partial charge in [0.25, 0.3) is 10.0 Å². The Morgan fingerprint density at radius 1 is 1.22 bits per heavy atom. The summed E-state index contributed by atoms with van der Waals surface area (Å²) in [6.45, 7) is 0. The molecule has 3 rings (SSSR count). The molecule has 0 bridgehead atoms. The van der Waals surface area contributed by atoms with Gasteiger partial charge in [0.2, 0.25) is 0 Å². The average molecular weight is 335 g/mol. The third kappa shape index (κ3) is 3.29. The normalized spacial score (nSPS) is 12.0. The molecule has 0 unspecified atom stereocenters. The molecule has 0 spiro atoms. The van der Waals surface area contributed by atoms with Gasteiger partial charge < -0.3 is 4.42 Å². The first kappa shape index (κ1) is 15.0. The lowest BCUT2D eigenvalue weighted by Crippen LogP contribution is -2.18. The number of aromatic nitrogens is 1. The number of H-pyrrole nitrogens is 1. The molecular weight excluding hydrogens is 325 g/mol. The van der Waals surface area contributed by atoms with Crippen LogP contribution in [0.1, 0.15) is 5.56 Å². The summed E-state index contributed by atoms with van der Waals surface area (Å²) in [6, 6.07) is 9.43. The number of hydrogen-bond donors (Lipinski definition) is 2. The minimum atomic E-state index is -3.94. The first-order valence-corrected chi connectivity index (χ1v) is 7.86. The van der Waals surface area contributed by atoms with Gasteiger partial charge in [0.05, 0.1) is 16.6 Å². The number of benzene rings is 2. The number of nitrogens with one attached hydrogen (secondary N) is 2. The van der Waals surface area contributed by atoms with E-state index in [0.717, 1.165) is 0 Å². The Morgan fingerprint density at radius 3 is 2.83 bits per heavy atom. The molecule has 0 radical (unpaired) electrons. The molecule has 0 aliphatic rings. The highest BCUT2D eigenvalue weighted by atomic mass is 32.2. The van der Waals surface area contributed by atoms with Crippen LogP contribution in [-0.4, -0.2) is 19.6 Å². The van der Waals surface area contributed by atoms with E-state index in [2.05, 4.69) is 10.1 Å². The fraction of sp³-hybridized carbons (Fsp3) is 0. The average Bonchev–Trinajstić information content (AvgIpc) is 2.86. The number of oxazole rings is 1. The van der Waals surface area contributed by atoms with Crippen molar-refractivity contribution in [1.82, 2.24) is 9.82 Å².